The average Bonchev–Trinajstić information content (AvgIpc) is 2.97. The molecule has 0 aromatic heterocycles. The monoisotopic (exact) mass is 534 g/mol. The molecule has 4 aromatic carbocycles. The minimum absolute atomic E-state index is 0.0156. The van der Waals surface area contributed by atoms with Gasteiger partial charge in [-0.05, 0) is 22.3 Å². The first-order valence-corrected chi connectivity index (χ1v) is 14.2. The zero-order chi connectivity index (χ0) is 25.8. The van der Waals surface area contributed by atoms with Crippen LogP contribution in [0, 0.1) is 0 Å². The summed E-state index contributed by atoms with van der Waals surface area (Å²) in [7, 11) is -5.02. The van der Waals surface area contributed by atoms with Gasteiger partial charge in [-0.2, -0.15) is 0 Å². The van der Waals surface area contributed by atoms with Gasteiger partial charge in [-0.1, -0.05) is 121 Å². The third kappa shape index (κ3) is 7.53. The first-order chi connectivity index (χ1) is 18.1. The van der Waals surface area contributed by atoms with E-state index in [2.05, 4.69) is 0 Å². The van der Waals surface area contributed by atoms with Crippen molar-refractivity contribution in [2.45, 2.75) is 31.7 Å². The number of hydrogen-bond acceptors (Lipinski definition) is 6. The summed E-state index contributed by atoms with van der Waals surface area (Å²) in [5.41, 5.74) is 3.12. The van der Waals surface area contributed by atoms with E-state index in [1.807, 2.05) is 121 Å². The summed E-state index contributed by atoms with van der Waals surface area (Å²) >= 11 is 0. The summed E-state index contributed by atoms with van der Waals surface area (Å²) in [6.45, 7) is -0.127. The van der Waals surface area contributed by atoms with Crippen LogP contribution in [0.4, 0.5) is 0 Å². The Bertz CT molecular complexity index is 1180. The van der Waals surface area contributed by atoms with Crippen LogP contribution in [-0.2, 0) is 54.1 Å². The molecule has 4 rings (SSSR count). The third-order valence-electron chi connectivity index (χ3n) is 5.49. The Morgan fingerprint density at radius 2 is 0.811 bits per heavy atom. The molecule has 0 atom stereocenters. The number of hydrogen-bond donors (Lipinski definition) is 0. The van der Waals surface area contributed by atoms with Gasteiger partial charge >= 0.3 is 12.9 Å². The van der Waals surface area contributed by atoms with E-state index in [4.69, 9.17) is 18.5 Å². The van der Waals surface area contributed by atoms with Crippen molar-refractivity contribution in [1.29, 1.82) is 0 Å². The largest absolute Gasteiger partial charge is 0.403 e. The molecular formula is C29H28O6P2. The van der Waals surface area contributed by atoms with Gasteiger partial charge in [-0.15, -0.1) is 0 Å². The van der Waals surface area contributed by atoms with Crippen molar-refractivity contribution in [3.63, 3.8) is 0 Å². The first-order valence-electron chi connectivity index (χ1n) is 11.8. The Kier molecular flexibility index (Phi) is 9.92. The molecule has 0 radical (unpaired) electrons. The van der Waals surface area contributed by atoms with Gasteiger partial charge in [0.25, 0.3) is 0 Å². The molecule has 8 heteroatoms. The van der Waals surface area contributed by atoms with Crippen LogP contribution in [0.5, 0.6) is 0 Å². The molecule has 0 amide bonds. The maximum Gasteiger partial charge on any atom is 0.403 e. The highest BCUT2D eigenvalue weighted by Gasteiger charge is 2.56. The average molecular weight is 534 g/mol. The molecule has 0 unspecified atom stereocenters. The molecule has 0 aliphatic rings. The molecular weight excluding hydrogens is 506 g/mol. The van der Waals surface area contributed by atoms with E-state index in [0.717, 1.165) is 22.3 Å². The lowest BCUT2D eigenvalue weighted by Gasteiger charge is -2.33. The lowest BCUT2D eigenvalue weighted by molar-refractivity contribution is -0.150. The van der Waals surface area contributed by atoms with E-state index in [9.17, 15) is 9.13 Å². The van der Waals surface area contributed by atoms with Crippen LogP contribution in [0.25, 0.3) is 0 Å². The van der Waals surface area contributed by atoms with E-state index >= 15 is 0 Å². The normalized spacial score (nSPS) is 12.0. The molecule has 0 heterocycles. The Morgan fingerprint density at radius 1 is 0.514 bits per heavy atom. The van der Waals surface area contributed by atoms with Crippen LogP contribution in [0.2, 0.25) is 0 Å². The molecule has 0 aliphatic carbocycles. The molecule has 0 spiro atoms. The zero-order valence-corrected chi connectivity index (χ0v) is 22.0. The van der Waals surface area contributed by atoms with E-state index in [1.165, 1.54) is 0 Å². The van der Waals surface area contributed by atoms with E-state index in [0.29, 0.717) is 0 Å². The first kappa shape index (κ1) is 27.1. The summed E-state index contributed by atoms with van der Waals surface area (Å²) in [5.74, 6) is 0. The fourth-order valence-electron chi connectivity index (χ4n) is 3.47. The zero-order valence-electron chi connectivity index (χ0n) is 20.2. The van der Waals surface area contributed by atoms with Crippen molar-refractivity contribution in [1.82, 2.24) is 0 Å². The summed E-state index contributed by atoms with van der Waals surface area (Å²) in [6.07, 6.45) is 0. The Hall–Kier alpha value is -2.95. The van der Waals surface area contributed by atoms with Gasteiger partial charge in [0, 0.05) is 0 Å². The summed E-state index contributed by atoms with van der Waals surface area (Å²) in [6, 6.07) is 37.1. The second-order valence-corrected chi connectivity index (χ2v) is 11.4. The minimum Gasteiger partial charge on any atom is -0.326 e. The SMILES string of the molecule is O=PC(OCc1ccccc1)(OCc1ccccc1)P(=O)(OCc1ccccc1)OCc1ccccc1. The quantitative estimate of drug-likeness (QED) is 0.121. The van der Waals surface area contributed by atoms with Crippen LogP contribution in [-0.4, -0.2) is 5.27 Å². The Morgan fingerprint density at radius 3 is 1.11 bits per heavy atom. The van der Waals surface area contributed by atoms with Gasteiger partial charge in [-0.25, -0.2) is 0 Å². The fourth-order valence-corrected chi connectivity index (χ4v) is 5.94. The van der Waals surface area contributed by atoms with Gasteiger partial charge in [0.2, 0.25) is 8.46 Å². The van der Waals surface area contributed by atoms with Crippen molar-refractivity contribution in [2.24, 2.45) is 0 Å². The van der Waals surface area contributed by atoms with Crippen molar-refractivity contribution < 1.29 is 27.7 Å². The van der Waals surface area contributed by atoms with Gasteiger partial charge in [-0.3, -0.25) is 18.2 Å². The van der Waals surface area contributed by atoms with Crippen molar-refractivity contribution in [2.75, 3.05) is 0 Å². The highest BCUT2D eigenvalue weighted by atomic mass is 31.2. The minimum atomic E-state index is -4.33. The number of rotatable bonds is 14. The molecule has 0 saturated carbocycles. The smallest absolute Gasteiger partial charge is 0.326 e. The summed E-state index contributed by atoms with van der Waals surface area (Å²) < 4.78 is 51.4. The molecule has 190 valence electrons. The maximum absolute atomic E-state index is 14.6. The second kappa shape index (κ2) is 13.6. The Balaban J connectivity index is 1.66. The highest BCUT2D eigenvalue weighted by molar-refractivity contribution is 7.64. The van der Waals surface area contributed by atoms with Gasteiger partial charge < -0.3 is 9.47 Å². The van der Waals surface area contributed by atoms with E-state index in [-0.39, 0.29) is 26.4 Å². The van der Waals surface area contributed by atoms with Crippen LogP contribution in [0.1, 0.15) is 22.3 Å². The molecule has 0 aliphatic heterocycles. The van der Waals surface area contributed by atoms with E-state index in [1.54, 1.807) is 0 Å². The van der Waals surface area contributed by atoms with Crippen LogP contribution in [0.3, 0.4) is 0 Å². The van der Waals surface area contributed by atoms with Crippen molar-refractivity contribution in [3.05, 3.63) is 144 Å². The number of ether oxygens (including phenoxy) is 2. The summed E-state index contributed by atoms with van der Waals surface area (Å²) in [4.78, 5) is 0. The molecule has 6 nitrogen and oxygen atoms in total. The van der Waals surface area contributed by atoms with Gasteiger partial charge in [0.15, 0.2) is 0 Å². The molecule has 37 heavy (non-hydrogen) atoms. The van der Waals surface area contributed by atoms with Crippen LogP contribution < -0.4 is 0 Å². The highest BCUT2D eigenvalue weighted by Crippen LogP contribution is 2.67. The Labute approximate surface area is 218 Å². The molecule has 4 aromatic rings. The lowest BCUT2D eigenvalue weighted by Crippen LogP contribution is -2.32. The van der Waals surface area contributed by atoms with Crippen LogP contribution >= 0.6 is 16.1 Å². The fraction of sp³-hybridized carbons (Fsp3) is 0.172. The van der Waals surface area contributed by atoms with E-state index < -0.39 is 21.3 Å². The summed E-state index contributed by atoms with van der Waals surface area (Å²) in [5, 5.41) is -2.21. The third-order valence-corrected chi connectivity index (χ3v) is 8.85. The molecule has 0 N–H and O–H groups in total. The van der Waals surface area contributed by atoms with Gasteiger partial charge in [0.1, 0.15) is 0 Å². The number of benzene rings is 4. The standard InChI is InChI=1S/C29H28O6P2/c30-36-29(32-21-25-13-5-1-6-14-25,33-22-26-15-7-2-8-16-26)37(31,34-23-27-17-9-3-10-18-27)35-24-28-19-11-4-12-20-28/h1-20H,21-24H2. The predicted molar refractivity (Wildman–Crippen MR) is 143 cm³/mol. The lowest BCUT2D eigenvalue weighted by atomic mass is 10.2. The predicted octanol–water partition coefficient (Wildman–Crippen LogP) is 7.95. The molecule has 0 fully saturated rings. The maximum atomic E-state index is 14.6. The topological polar surface area (TPSA) is 71.1 Å². The van der Waals surface area contributed by atoms with Crippen LogP contribution in [0.15, 0.2) is 121 Å². The van der Waals surface area contributed by atoms with Crippen molar-refractivity contribution in [3.8, 4) is 0 Å². The molecule has 0 saturated heterocycles. The molecule has 0 bridgehead atoms. The second-order valence-electron chi connectivity index (χ2n) is 8.20. The van der Waals surface area contributed by atoms with Crippen molar-refractivity contribution >= 4 is 16.1 Å². The van der Waals surface area contributed by atoms with Gasteiger partial charge in [0.05, 0.1) is 26.4 Å².